The van der Waals surface area contributed by atoms with Crippen LogP contribution < -0.4 is 5.73 Å². The van der Waals surface area contributed by atoms with Gasteiger partial charge in [0.2, 0.25) is 0 Å². The van der Waals surface area contributed by atoms with E-state index in [1.165, 1.54) is 0 Å². The maximum absolute atomic E-state index is 6.02. The van der Waals surface area contributed by atoms with Gasteiger partial charge in [-0.2, -0.15) is 0 Å². The molecule has 16 heavy (non-hydrogen) atoms. The van der Waals surface area contributed by atoms with Crippen molar-refractivity contribution < 1.29 is 4.74 Å². The van der Waals surface area contributed by atoms with E-state index in [1.807, 2.05) is 13.1 Å². The lowest BCUT2D eigenvalue weighted by Crippen LogP contribution is -2.21. The summed E-state index contributed by atoms with van der Waals surface area (Å²) in [5.41, 5.74) is 8.28. The molecule has 0 aliphatic heterocycles. The van der Waals surface area contributed by atoms with E-state index < -0.39 is 0 Å². The molecule has 1 aliphatic rings. The van der Waals surface area contributed by atoms with Crippen molar-refractivity contribution in [3.63, 3.8) is 0 Å². The summed E-state index contributed by atoms with van der Waals surface area (Å²) in [6, 6.07) is 0.123. The van der Waals surface area contributed by atoms with Crippen LogP contribution in [0.4, 0.5) is 0 Å². The van der Waals surface area contributed by atoms with Crippen LogP contribution in [-0.2, 0) is 17.6 Å². The SMILES string of the molecule is COC(C)Cc1ncc2c(n1)CCCC2N. The molecule has 0 radical (unpaired) electrons. The normalized spacial score (nSPS) is 21.6. The van der Waals surface area contributed by atoms with Crippen molar-refractivity contribution in [3.8, 4) is 0 Å². The zero-order chi connectivity index (χ0) is 11.5. The average Bonchev–Trinajstić information content (AvgIpc) is 2.29. The van der Waals surface area contributed by atoms with Crippen LogP contribution in [0.25, 0.3) is 0 Å². The fourth-order valence-electron chi connectivity index (χ4n) is 2.06. The molecule has 0 saturated heterocycles. The second-order valence-corrected chi connectivity index (χ2v) is 4.44. The molecule has 1 heterocycles. The molecule has 2 unspecified atom stereocenters. The van der Waals surface area contributed by atoms with Gasteiger partial charge >= 0.3 is 0 Å². The van der Waals surface area contributed by atoms with Crippen LogP contribution in [0.1, 0.15) is 42.9 Å². The third kappa shape index (κ3) is 2.39. The number of nitrogens with two attached hydrogens (primary N) is 1. The molecule has 0 spiro atoms. The van der Waals surface area contributed by atoms with Crippen LogP contribution in [0.5, 0.6) is 0 Å². The molecule has 2 rings (SSSR count). The Labute approximate surface area is 96.2 Å². The Bertz CT molecular complexity index is 367. The van der Waals surface area contributed by atoms with Crippen LogP contribution >= 0.6 is 0 Å². The Morgan fingerprint density at radius 3 is 3.19 bits per heavy atom. The zero-order valence-electron chi connectivity index (χ0n) is 9.94. The van der Waals surface area contributed by atoms with E-state index in [0.29, 0.717) is 0 Å². The number of rotatable bonds is 3. The summed E-state index contributed by atoms with van der Waals surface area (Å²) >= 11 is 0. The topological polar surface area (TPSA) is 61.0 Å². The number of ether oxygens (including phenoxy) is 1. The molecule has 1 aliphatic carbocycles. The molecule has 1 aromatic heterocycles. The van der Waals surface area contributed by atoms with Gasteiger partial charge in [0.15, 0.2) is 0 Å². The molecule has 0 amide bonds. The molecular formula is C12H19N3O. The van der Waals surface area contributed by atoms with Gasteiger partial charge in [-0.25, -0.2) is 9.97 Å². The maximum atomic E-state index is 6.02. The Kier molecular flexibility index (Phi) is 3.51. The van der Waals surface area contributed by atoms with E-state index in [2.05, 4.69) is 9.97 Å². The predicted molar refractivity (Wildman–Crippen MR) is 62.1 cm³/mol. The summed E-state index contributed by atoms with van der Waals surface area (Å²) < 4.78 is 5.21. The van der Waals surface area contributed by atoms with Crippen LogP contribution in [-0.4, -0.2) is 23.2 Å². The highest BCUT2D eigenvalue weighted by atomic mass is 16.5. The zero-order valence-corrected chi connectivity index (χ0v) is 9.94. The third-order valence-electron chi connectivity index (χ3n) is 3.15. The number of hydrogen-bond donors (Lipinski definition) is 1. The first-order valence-electron chi connectivity index (χ1n) is 5.83. The predicted octanol–water partition coefficient (Wildman–Crippen LogP) is 1.39. The minimum atomic E-state index is 0.123. The summed E-state index contributed by atoms with van der Waals surface area (Å²) in [6.07, 6.45) is 6.02. The molecule has 4 heteroatoms. The number of fused-ring (bicyclic) bond motifs is 1. The molecule has 2 atom stereocenters. The fourth-order valence-corrected chi connectivity index (χ4v) is 2.06. The van der Waals surface area contributed by atoms with Crippen molar-refractivity contribution in [1.29, 1.82) is 0 Å². The van der Waals surface area contributed by atoms with Crippen molar-refractivity contribution in [2.75, 3.05) is 7.11 Å². The van der Waals surface area contributed by atoms with E-state index in [1.54, 1.807) is 7.11 Å². The van der Waals surface area contributed by atoms with Gasteiger partial charge in [0.1, 0.15) is 5.82 Å². The Balaban J connectivity index is 2.18. The Morgan fingerprint density at radius 1 is 1.62 bits per heavy atom. The summed E-state index contributed by atoms with van der Waals surface area (Å²) in [7, 11) is 1.71. The first-order chi connectivity index (χ1) is 7.70. The highest BCUT2D eigenvalue weighted by Crippen LogP contribution is 2.25. The summed E-state index contributed by atoms with van der Waals surface area (Å²) in [6.45, 7) is 2.02. The first-order valence-corrected chi connectivity index (χ1v) is 5.83. The van der Waals surface area contributed by atoms with Gasteiger partial charge in [-0.1, -0.05) is 0 Å². The Hall–Kier alpha value is -1.00. The first kappa shape index (κ1) is 11.5. The Morgan fingerprint density at radius 2 is 2.44 bits per heavy atom. The minimum absolute atomic E-state index is 0.123. The molecule has 0 bridgehead atoms. The van der Waals surface area contributed by atoms with E-state index in [4.69, 9.17) is 10.5 Å². The number of aryl methyl sites for hydroxylation is 1. The van der Waals surface area contributed by atoms with Crippen molar-refractivity contribution in [2.45, 2.75) is 44.8 Å². The minimum Gasteiger partial charge on any atom is -0.381 e. The fraction of sp³-hybridized carbons (Fsp3) is 0.667. The number of methoxy groups -OCH3 is 1. The van der Waals surface area contributed by atoms with Gasteiger partial charge in [0.25, 0.3) is 0 Å². The average molecular weight is 221 g/mol. The second-order valence-electron chi connectivity index (χ2n) is 4.44. The van der Waals surface area contributed by atoms with Gasteiger partial charge in [-0.15, -0.1) is 0 Å². The highest BCUT2D eigenvalue weighted by Gasteiger charge is 2.19. The summed E-state index contributed by atoms with van der Waals surface area (Å²) in [5.74, 6) is 0.863. The van der Waals surface area contributed by atoms with Gasteiger partial charge in [-0.05, 0) is 26.2 Å². The summed E-state index contributed by atoms with van der Waals surface area (Å²) in [5, 5.41) is 0. The molecule has 88 valence electrons. The number of nitrogens with zero attached hydrogens (tertiary/aromatic N) is 2. The van der Waals surface area contributed by atoms with Crippen molar-refractivity contribution in [1.82, 2.24) is 9.97 Å². The van der Waals surface area contributed by atoms with Crippen LogP contribution in [0, 0.1) is 0 Å². The lowest BCUT2D eigenvalue weighted by Gasteiger charge is -2.21. The molecule has 0 fully saturated rings. The maximum Gasteiger partial charge on any atom is 0.131 e. The lowest BCUT2D eigenvalue weighted by molar-refractivity contribution is 0.117. The third-order valence-corrected chi connectivity index (χ3v) is 3.15. The van der Waals surface area contributed by atoms with E-state index in [9.17, 15) is 0 Å². The van der Waals surface area contributed by atoms with Gasteiger partial charge in [0.05, 0.1) is 6.10 Å². The summed E-state index contributed by atoms with van der Waals surface area (Å²) in [4.78, 5) is 8.94. The number of aromatic nitrogens is 2. The molecule has 0 saturated carbocycles. The molecule has 0 aromatic carbocycles. The quantitative estimate of drug-likeness (QED) is 0.838. The van der Waals surface area contributed by atoms with Gasteiger partial charge < -0.3 is 10.5 Å². The molecule has 2 N–H and O–H groups in total. The van der Waals surface area contributed by atoms with Gasteiger partial charge in [0, 0.05) is 37.0 Å². The van der Waals surface area contributed by atoms with E-state index in [0.717, 1.165) is 42.8 Å². The molecule has 4 nitrogen and oxygen atoms in total. The van der Waals surface area contributed by atoms with Crippen LogP contribution in [0.15, 0.2) is 6.20 Å². The highest BCUT2D eigenvalue weighted by molar-refractivity contribution is 5.24. The van der Waals surface area contributed by atoms with E-state index in [-0.39, 0.29) is 12.1 Å². The van der Waals surface area contributed by atoms with Crippen LogP contribution in [0.2, 0.25) is 0 Å². The molecule has 1 aromatic rings. The second kappa shape index (κ2) is 4.89. The van der Waals surface area contributed by atoms with Crippen molar-refractivity contribution in [2.24, 2.45) is 5.73 Å². The standard InChI is InChI=1S/C12H19N3O/c1-8(16-2)6-12-14-7-9-10(13)4-3-5-11(9)15-12/h7-8,10H,3-6,13H2,1-2H3. The monoisotopic (exact) mass is 221 g/mol. The lowest BCUT2D eigenvalue weighted by atomic mass is 9.93. The van der Waals surface area contributed by atoms with Gasteiger partial charge in [-0.3, -0.25) is 0 Å². The smallest absolute Gasteiger partial charge is 0.131 e. The van der Waals surface area contributed by atoms with Crippen LogP contribution in [0.3, 0.4) is 0 Å². The van der Waals surface area contributed by atoms with Crippen molar-refractivity contribution in [3.05, 3.63) is 23.3 Å². The van der Waals surface area contributed by atoms with Crippen molar-refractivity contribution >= 4 is 0 Å². The van der Waals surface area contributed by atoms with E-state index >= 15 is 0 Å². The molecular weight excluding hydrogens is 202 g/mol. The largest absolute Gasteiger partial charge is 0.381 e. The number of hydrogen-bond acceptors (Lipinski definition) is 4.